The van der Waals surface area contributed by atoms with Crippen LogP contribution >= 0.6 is 0 Å². The Balaban J connectivity index is 1.93. The number of ketones is 1. The zero-order chi connectivity index (χ0) is 26.9. The molecule has 10 heteroatoms. The van der Waals surface area contributed by atoms with Crippen LogP contribution in [-0.4, -0.2) is 50.0 Å². The second-order valence-electron chi connectivity index (χ2n) is 8.53. The minimum atomic E-state index is -0.983. The number of hydrogen-bond acceptors (Lipinski definition) is 8. The van der Waals surface area contributed by atoms with E-state index in [9.17, 15) is 24.8 Å². The Morgan fingerprint density at radius 1 is 0.946 bits per heavy atom. The zero-order valence-electron chi connectivity index (χ0n) is 20.7. The predicted molar refractivity (Wildman–Crippen MR) is 138 cm³/mol. The predicted octanol–water partition coefficient (Wildman–Crippen LogP) is 4.30. The number of ether oxygens (including phenoxy) is 2. The smallest absolute Gasteiger partial charge is 0.300 e. The molecule has 0 aromatic heterocycles. The molecule has 1 saturated heterocycles. The van der Waals surface area contributed by atoms with Crippen LogP contribution in [0, 0.1) is 10.1 Å². The van der Waals surface area contributed by atoms with Gasteiger partial charge in [-0.15, -0.1) is 0 Å². The van der Waals surface area contributed by atoms with Gasteiger partial charge in [0, 0.05) is 55.7 Å². The first-order valence-electron chi connectivity index (χ1n) is 11.2. The molecule has 0 aliphatic carbocycles. The number of anilines is 2. The Morgan fingerprint density at radius 3 is 2.00 bits per heavy atom. The average Bonchev–Trinajstić information content (AvgIpc) is 3.18. The molecule has 1 aliphatic heterocycles. The highest BCUT2D eigenvalue weighted by atomic mass is 16.6. The van der Waals surface area contributed by atoms with Gasteiger partial charge < -0.3 is 19.5 Å². The van der Waals surface area contributed by atoms with Crippen LogP contribution in [0.1, 0.15) is 17.2 Å². The molecule has 1 atom stereocenters. The standard InChI is InChI=1S/C27H25N3O7/c1-28(2)18-9-5-16(6-10-18)24-23(25(31)17-7-11-19(12-8-17)30(34)35)26(32)27(33)29(24)20-13-21(36-3)15-22(14-20)37-4/h5-15,24,31H,1-4H3/b25-23+. The van der Waals surface area contributed by atoms with Gasteiger partial charge in [0.05, 0.1) is 36.4 Å². The number of Topliss-reactive ketones (excluding diaryl/α,β-unsaturated/α-hetero) is 1. The van der Waals surface area contributed by atoms with Gasteiger partial charge in [0.2, 0.25) is 0 Å². The maximum absolute atomic E-state index is 13.4. The summed E-state index contributed by atoms with van der Waals surface area (Å²) in [7, 11) is 6.72. The number of nitrogens with zero attached hydrogens (tertiary/aromatic N) is 3. The van der Waals surface area contributed by atoms with Crippen LogP contribution in [0.5, 0.6) is 11.5 Å². The second-order valence-corrected chi connectivity index (χ2v) is 8.53. The lowest BCUT2D eigenvalue weighted by Gasteiger charge is -2.26. The fourth-order valence-electron chi connectivity index (χ4n) is 4.20. The van der Waals surface area contributed by atoms with Crippen molar-refractivity contribution in [3.05, 3.63) is 93.5 Å². The first-order chi connectivity index (χ1) is 17.7. The van der Waals surface area contributed by atoms with E-state index in [1.165, 1.54) is 43.4 Å². The number of rotatable bonds is 7. The molecule has 1 heterocycles. The van der Waals surface area contributed by atoms with E-state index in [2.05, 4.69) is 0 Å². The Hall–Kier alpha value is -4.86. The number of hydrogen-bond donors (Lipinski definition) is 1. The minimum absolute atomic E-state index is 0.141. The Bertz CT molecular complexity index is 1370. The Kier molecular flexibility index (Phi) is 6.83. The number of aliphatic hydroxyl groups excluding tert-OH is 1. The molecular weight excluding hydrogens is 478 g/mol. The summed E-state index contributed by atoms with van der Waals surface area (Å²) in [5.74, 6) is -1.35. The molecule has 1 N–H and O–H groups in total. The second kappa shape index (κ2) is 10.0. The van der Waals surface area contributed by atoms with E-state index in [1.807, 2.05) is 31.1 Å². The average molecular weight is 504 g/mol. The lowest BCUT2D eigenvalue weighted by atomic mass is 9.94. The number of nitro benzene ring substituents is 1. The highest BCUT2D eigenvalue weighted by Gasteiger charge is 2.47. The molecule has 1 unspecified atom stereocenters. The number of benzene rings is 3. The lowest BCUT2D eigenvalue weighted by Crippen LogP contribution is -2.29. The summed E-state index contributed by atoms with van der Waals surface area (Å²) in [6.45, 7) is 0. The van der Waals surface area contributed by atoms with Gasteiger partial charge >= 0.3 is 0 Å². The van der Waals surface area contributed by atoms with Crippen LogP contribution < -0.4 is 19.3 Å². The van der Waals surface area contributed by atoms with Crippen molar-refractivity contribution in [2.45, 2.75) is 6.04 Å². The molecular formula is C27H25N3O7. The van der Waals surface area contributed by atoms with Gasteiger partial charge in [-0.1, -0.05) is 12.1 Å². The number of carbonyl (C=O) groups excluding carboxylic acids is 2. The van der Waals surface area contributed by atoms with Crippen molar-refractivity contribution in [1.29, 1.82) is 0 Å². The van der Waals surface area contributed by atoms with Crippen LogP contribution in [0.15, 0.2) is 72.3 Å². The van der Waals surface area contributed by atoms with E-state index in [0.717, 1.165) is 5.69 Å². The summed E-state index contributed by atoms with van der Waals surface area (Å²) in [5.41, 5.74) is 1.67. The van der Waals surface area contributed by atoms with Gasteiger partial charge in [-0.2, -0.15) is 0 Å². The zero-order valence-corrected chi connectivity index (χ0v) is 20.7. The van der Waals surface area contributed by atoms with Crippen molar-refractivity contribution in [2.24, 2.45) is 0 Å². The number of non-ortho nitro benzene ring substituents is 1. The SMILES string of the molecule is COc1cc(OC)cc(N2C(=O)C(=O)/C(=C(/O)c3ccc([N+](=O)[O-])cc3)C2c2ccc(N(C)C)cc2)c1. The van der Waals surface area contributed by atoms with E-state index in [-0.39, 0.29) is 16.8 Å². The van der Waals surface area contributed by atoms with E-state index >= 15 is 0 Å². The molecule has 1 amide bonds. The molecule has 1 fully saturated rings. The third-order valence-corrected chi connectivity index (χ3v) is 6.14. The first kappa shape index (κ1) is 25.2. The molecule has 37 heavy (non-hydrogen) atoms. The van der Waals surface area contributed by atoms with E-state index < -0.39 is 28.4 Å². The van der Waals surface area contributed by atoms with Gasteiger partial charge in [-0.3, -0.25) is 24.6 Å². The molecule has 3 aromatic rings. The molecule has 190 valence electrons. The highest BCUT2D eigenvalue weighted by molar-refractivity contribution is 6.51. The monoisotopic (exact) mass is 503 g/mol. The summed E-state index contributed by atoms with van der Waals surface area (Å²) in [4.78, 5) is 40.4. The molecule has 0 spiro atoms. The van der Waals surface area contributed by atoms with E-state index in [1.54, 1.807) is 30.3 Å². The third-order valence-electron chi connectivity index (χ3n) is 6.14. The fraction of sp³-hybridized carbons (Fsp3) is 0.185. The maximum atomic E-state index is 13.4. The maximum Gasteiger partial charge on any atom is 0.300 e. The topological polar surface area (TPSA) is 122 Å². The van der Waals surface area contributed by atoms with Crippen molar-refractivity contribution in [3.63, 3.8) is 0 Å². The quantitative estimate of drug-likeness (QED) is 0.166. The number of aliphatic hydroxyl groups is 1. The van der Waals surface area contributed by atoms with Crippen LogP contribution in [-0.2, 0) is 9.59 Å². The van der Waals surface area contributed by atoms with E-state index in [4.69, 9.17) is 9.47 Å². The number of nitro groups is 1. The molecule has 0 radical (unpaired) electrons. The lowest BCUT2D eigenvalue weighted by molar-refractivity contribution is -0.384. The Morgan fingerprint density at radius 2 is 1.51 bits per heavy atom. The van der Waals surface area contributed by atoms with Crippen molar-refractivity contribution < 1.29 is 29.1 Å². The van der Waals surface area contributed by atoms with Gasteiger partial charge in [-0.25, -0.2) is 0 Å². The highest BCUT2D eigenvalue weighted by Crippen LogP contribution is 2.44. The van der Waals surface area contributed by atoms with Gasteiger partial charge in [0.15, 0.2) is 0 Å². The fourth-order valence-corrected chi connectivity index (χ4v) is 4.20. The number of carbonyl (C=O) groups is 2. The molecule has 4 rings (SSSR count). The number of amides is 1. The van der Waals surface area contributed by atoms with Crippen LogP contribution in [0.2, 0.25) is 0 Å². The summed E-state index contributed by atoms with van der Waals surface area (Å²) < 4.78 is 10.7. The van der Waals surface area contributed by atoms with Crippen LogP contribution in [0.25, 0.3) is 5.76 Å². The van der Waals surface area contributed by atoms with Crippen LogP contribution in [0.3, 0.4) is 0 Å². The summed E-state index contributed by atoms with van der Waals surface area (Å²) >= 11 is 0. The summed E-state index contributed by atoms with van der Waals surface area (Å²) in [6.07, 6.45) is 0. The summed E-state index contributed by atoms with van der Waals surface area (Å²) in [6, 6.07) is 16.2. The normalized spacial score (nSPS) is 16.5. The van der Waals surface area contributed by atoms with Gasteiger partial charge in [0.1, 0.15) is 17.3 Å². The largest absolute Gasteiger partial charge is 0.507 e. The molecule has 3 aromatic carbocycles. The van der Waals surface area contributed by atoms with E-state index in [0.29, 0.717) is 22.7 Å². The van der Waals surface area contributed by atoms with Crippen molar-refractivity contribution in [2.75, 3.05) is 38.1 Å². The first-order valence-corrected chi connectivity index (χ1v) is 11.2. The Labute approximate surface area is 213 Å². The minimum Gasteiger partial charge on any atom is -0.507 e. The van der Waals surface area contributed by atoms with Gasteiger partial charge in [0.25, 0.3) is 17.4 Å². The van der Waals surface area contributed by atoms with Gasteiger partial charge in [-0.05, 0) is 29.8 Å². The van der Waals surface area contributed by atoms with Crippen molar-refractivity contribution >= 4 is 34.5 Å². The molecule has 0 saturated carbocycles. The van der Waals surface area contributed by atoms with Crippen LogP contribution in [0.4, 0.5) is 17.1 Å². The van der Waals surface area contributed by atoms with Crippen molar-refractivity contribution in [3.8, 4) is 11.5 Å². The molecule has 0 bridgehead atoms. The molecule has 1 aliphatic rings. The third kappa shape index (κ3) is 4.68. The molecule has 10 nitrogen and oxygen atoms in total. The number of methoxy groups -OCH3 is 2. The summed E-state index contributed by atoms with van der Waals surface area (Å²) in [5, 5.41) is 22.3. The van der Waals surface area contributed by atoms with Crippen molar-refractivity contribution in [1.82, 2.24) is 0 Å².